The Morgan fingerprint density at radius 1 is 1.07 bits per heavy atom. The second kappa shape index (κ2) is 10.8. The van der Waals surface area contributed by atoms with Crippen LogP contribution in [0.4, 0.5) is 4.39 Å². The first-order chi connectivity index (χ1) is 19.4. The molecule has 1 saturated carbocycles. The smallest absolute Gasteiger partial charge is 0.339 e. The zero-order valence-corrected chi connectivity index (χ0v) is 22.6. The van der Waals surface area contributed by atoms with Gasteiger partial charge in [0, 0.05) is 29.1 Å². The van der Waals surface area contributed by atoms with Crippen LogP contribution in [0.25, 0.3) is 22.0 Å². The minimum absolute atomic E-state index is 0.0308. The van der Waals surface area contributed by atoms with Crippen LogP contribution in [0.1, 0.15) is 40.4 Å². The van der Waals surface area contributed by atoms with E-state index in [0.717, 1.165) is 12.8 Å². The van der Waals surface area contributed by atoms with E-state index in [9.17, 15) is 4.79 Å². The monoisotopic (exact) mass is 578 g/mol. The minimum Gasteiger partial charge on any atom is -0.486 e. The van der Waals surface area contributed by atoms with E-state index in [1.165, 1.54) is 13.3 Å². The van der Waals surface area contributed by atoms with Crippen molar-refractivity contribution in [3.8, 4) is 28.6 Å². The normalized spacial score (nSPS) is 12.9. The number of rotatable bonds is 8. The Bertz CT molecular complexity index is 1710. The molecule has 2 aromatic heterocycles. The van der Waals surface area contributed by atoms with Crippen LogP contribution in [0.2, 0.25) is 10.0 Å². The summed E-state index contributed by atoms with van der Waals surface area (Å²) in [5.74, 6) is 0.775. The minimum atomic E-state index is -0.508. The van der Waals surface area contributed by atoms with Crippen LogP contribution in [0, 0.1) is 5.82 Å². The average molecular weight is 579 g/mol. The number of carbonyl (C=O) groups is 1. The van der Waals surface area contributed by atoms with E-state index in [4.69, 9.17) is 37.2 Å². The Hall–Kier alpha value is -4.14. The molecule has 0 unspecified atom stereocenters. The Balaban J connectivity index is 1.24. The highest BCUT2D eigenvalue weighted by Crippen LogP contribution is 2.46. The number of halogens is 3. The molecule has 0 N–H and O–H groups in total. The summed E-state index contributed by atoms with van der Waals surface area (Å²) in [6, 6.07) is 16.6. The van der Waals surface area contributed by atoms with Gasteiger partial charge in [0.2, 0.25) is 5.88 Å². The fraction of sp³-hybridized carbons (Fsp3) is 0.167. The number of pyridine rings is 1. The highest BCUT2D eigenvalue weighted by atomic mass is 35.5. The van der Waals surface area contributed by atoms with Crippen LogP contribution in [-0.4, -0.2) is 23.2 Å². The van der Waals surface area contributed by atoms with Gasteiger partial charge in [-0.2, -0.15) is 0 Å². The van der Waals surface area contributed by atoms with Crippen molar-refractivity contribution < 1.29 is 27.9 Å². The SMILES string of the molecule is COC(=O)c1ccc(Oc2ccc3c(F)c(OCc4c(-c5c(Cl)cccc5Cl)noc4C4CC4)ccc3c2)nc1. The summed E-state index contributed by atoms with van der Waals surface area (Å²) in [6.45, 7) is 0.0308. The molecule has 7 nitrogen and oxygen atoms in total. The summed E-state index contributed by atoms with van der Waals surface area (Å²) in [7, 11) is 1.30. The van der Waals surface area contributed by atoms with E-state index in [2.05, 4.69) is 14.9 Å². The Morgan fingerprint density at radius 3 is 2.58 bits per heavy atom. The van der Waals surface area contributed by atoms with E-state index in [0.29, 0.717) is 54.7 Å². The summed E-state index contributed by atoms with van der Waals surface area (Å²) >= 11 is 12.9. The fourth-order valence-electron chi connectivity index (χ4n) is 4.42. The lowest BCUT2D eigenvalue weighted by molar-refractivity contribution is 0.0600. The van der Waals surface area contributed by atoms with Crippen LogP contribution < -0.4 is 9.47 Å². The second-order valence-electron chi connectivity index (χ2n) is 9.27. The molecule has 2 heterocycles. The van der Waals surface area contributed by atoms with Crippen LogP contribution in [0.15, 0.2) is 71.4 Å². The first kappa shape index (κ1) is 26.1. The van der Waals surface area contributed by atoms with Gasteiger partial charge in [0.05, 0.1) is 28.3 Å². The van der Waals surface area contributed by atoms with Gasteiger partial charge in [-0.1, -0.05) is 40.5 Å². The van der Waals surface area contributed by atoms with Gasteiger partial charge in [-0.05, 0) is 60.7 Å². The van der Waals surface area contributed by atoms with E-state index < -0.39 is 11.8 Å². The van der Waals surface area contributed by atoms with Crippen molar-refractivity contribution >= 4 is 39.9 Å². The number of hydrogen-bond donors (Lipinski definition) is 0. The molecule has 1 aliphatic carbocycles. The highest BCUT2D eigenvalue weighted by Gasteiger charge is 2.34. The summed E-state index contributed by atoms with van der Waals surface area (Å²) < 4.78 is 37.6. The molecule has 0 spiro atoms. The lowest BCUT2D eigenvalue weighted by Crippen LogP contribution is -2.02. The van der Waals surface area contributed by atoms with Gasteiger partial charge in [-0.15, -0.1) is 0 Å². The molecule has 1 fully saturated rings. The van der Waals surface area contributed by atoms with Gasteiger partial charge in [0.25, 0.3) is 0 Å². The fourth-order valence-corrected chi connectivity index (χ4v) is 5.00. The number of methoxy groups -OCH3 is 1. The first-order valence-corrected chi connectivity index (χ1v) is 13.2. The second-order valence-corrected chi connectivity index (χ2v) is 10.1. The topological polar surface area (TPSA) is 83.7 Å². The molecular weight excluding hydrogens is 558 g/mol. The zero-order chi connectivity index (χ0) is 27.8. The Kier molecular flexibility index (Phi) is 7.04. The van der Waals surface area contributed by atoms with Crippen LogP contribution in [0.5, 0.6) is 17.4 Å². The number of fused-ring (bicyclic) bond motifs is 1. The molecule has 0 atom stereocenters. The lowest BCUT2D eigenvalue weighted by Gasteiger charge is -2.12. The summed E-state index contributed by atoms with van der Waals surface area (Å²) in [5.41, 5.74) is 2.06. The van der Waals surface area contributed by atoms with E-state index >= 15 is 4.39 Å². The molecule has 40 heavy (non-hydrogen) atoms. The van der Waals surface area contributed by atoms with Gasteiger partial charge in [-0.25, -0.2) is 14.2 Å². The standard InChI is InChI=1S/C30H21Cl2FN2O5/c1-37-30(36)18-8-12-25(34-14-18)39-19-9-10-20-17(13-19)7-11-24(27(20)33)38-15-21-28(35-40-29(21)16-5-6-16)26-22(31)3-2-4-23(26)32/h2-4,7-14,16H,5-6,15H2,1H3. The van der Waals surface area contributed by atoms with Crippen molar-refractivity contribution in [2.45, 2.75) is 25.4 Å². The Labute approximate surface area is 238 Å². The van der Waals surface area contributed by atoms with E-state index in [-0.39, 0.29) is 24.2 Å². The highest BCUT2D eigenvalue weighted by molar-refractivity contribution is 6.39. The molecule has 0 bridgehead atoms. The van der Waals surface area contributed by atoms with Crippen molar-refractivity contribution in [1.82, 2.24) is 10.1 Å². The van der Waals surface area contributed by atoms with Crippen molar-refractivity contribution in [3.63, 3.8) is 0 Å². The number of ether oxygens (including phenoxy) is 3. The van der Waals surface area contributed by atoms with Gasteiger partial charge in [0.15, 0.2) is 11.6 Å². The maximum atomic E-state index is 15.5. The molecule has 1 aliphatic rings. The van der Waals surface area contributed by atoms with Crippen molar-refractivity contribution in [2.24, 2.45) is 0 Å². The number of benzene rings is 3. The lowest BCUT2D eigenvalue weighted by atomic mass is 10.0. The summed E-state index contributed by atoms with van der Waals surface area (Å²) in [5, 5.41) is 6.11. The summed E-state index contributed by atoms with van der Waals surface area (Å²) in [6.07, 6.45) is 3.33. The number of carbonyl (C=O) groups excluding carboxylic acids is 1. The molecular formula is C30H21Cl2FN2O5. The molecule has 10 heteroatoms. The number of hydrogen-bond acceptors (Lipinski definition) is 7. The quantitative estimate of drug-likeness (QED) is 0.171. The maximum absolute atomic E-state index is 15.5. The third kappa shape index (κ3) is 5.08. The predicted octanol–water partition coefficient (Wildman–Crippen LogP) is 8.37. The van der Waals surface area contributed by atoms with Gasteiger partial charge in [0.1, 0.15) is 23.8 Å². The van der Waals surface area contributed by atoms with Crippen molar-refractivity contribution in [1.29, 1.82) is 0 Å². The van der Waals surface area contributed by atoms with Crippen molar-refractivity contribution in [2.75, 3.05) is 7.11 Å². The van der Waals surface area contributed by atoms with E-state index in [1.54, 1.807) is 60.7 Å². The number of aromatic nitrogens is 2. The molecule has 202 valence electrons. The molecule has 5 aromatic rings. The third-order valence-corrected chi connectivity index (χ3v) is 7.24. The Morgan fingerprint density at radius 2 is 1.88 bits per heavy atom. The van der Waals surface area contributed by atoms with Gasteiger partial charge >= 0.3 is 5.97 Å². The molecule has 3 aromatic carbocycles. The van der Waals surface area contributed by atoms with Crippen molar-refractivity contribution in [3.05, 3.63) is 99.6 Å². The molecule has 0 amide bonds. The first-order valence-electron chi connectivity index (χ1n) is 12.4. The van der Waals surface area contributed by atoms with Gasteiger partial charge in [-0.3, -0.25) is 0 Å². The predicted molar refractivity (Wildman–Crippen MR) is 148 cm³/mol. The van der Waals surface area contributed by atoms with E-state index in [1.807, 2.05) is 0 Å². The average Bonchev–Trinajstić information content (AvgIpc) is 3.73. The summed E-state index contributed by atoms with van der Waals surface area (Å²) in [4.78, 5) is 15.7. The van der Waals surface area contributed by atoms with Crippen LogP contribution in [0.3, 0.4) is 0 Å². The van der Waals surface area contributed by atoms with Crippen LogP contribution in [-0.2, 0) is 11.3 Å². The molecule has 0 radical (unpaired) electrons. The molecule has 6 rings (SSSR count). The van der Waals surface area contributed by atoms with Crippen LogP contribution >= 0.6 is 23.2 Å². The largest absolute Gasteiger partial charge is 0.486 e. The third-order valence-electron chi connectivity index (χ3n) is 6.61. The molecule has 0 saturated heterocycles. The number of esters is 1. The van der Waals surface area contributed by atoms with Gasteiger partial charge < -0.3 is 18.7 Å². The molecule has 0 aliphatic heterocycles. The number of nitrogens with zero attached hydrogens (tertiary/aromatic N) is 2. The zero-order valence-electron chi connectivity index (χ0n) is 21.1. The maximum Gasteiger partial charge on any atom is 0.339 e.